The van der Waals surface area contributed by atoms with Crippen LogP contribution < -0.4 is 5.48 Å². The summed E-state index contributed by atoms with van der Waals surface area (Å²) in [5.74, 6) is -0.879. The Kier molecular flexibility index (Phi) is 3.06. The molecular formula is C17H18FN3O2. The molecule has 0 bridgehead atoms. The molecule has 1 aromatic carbocycles. The minimum Gasteiger partial charge on any atom is -0.289 e. The lowest BCUT2D eigenvalue weighted by molar-refractivity contribution is -0.133. The third kappa shape index (κ3) is 1.88. The van der Waals surface area contributed by atoms with Crippen molar-refractivity contribution in [1.82, 2.24) is 15.3 Å². The maximum Gasteiger partial charge on any atom is 0.258 e. The van der Waals surface area contributed by atoms with Crippen LogP contribution in [0.5, 0.6) is 0 Å². The monoisotopic (exact) mass is 315 g/mol. The number of nitrogens with one attached hydrogen (secondary N) is 1. The van der Waals surface area contributed by atoms with Crippen molar-refractivity contribution in [2.24, 2.45) is 0 Å². The number of halogens is 1. The summed E-state index contributed by atoms with van der Waals surface area (Å²) < 4.78 is 16.1. The normalized spacial score (nSPS) is 22.9. The lowest BCUT2D eigenvalue weighted by Crippen LogP contribution is -2.43. The van der Waals surface area contributed by atoms with Gasteiger partial charge in [-0.05, 0) is 49.8 Å². The molecule has 1 saturated carbocycles. The summed E-state index contributed by atoms with van der Waals surface area (Å²) in [5, 5.41) is 13.8. The molecule has 1 heterocycles. The van der Waals surface area contributed by atoms with Gasteiger partial charge < -0.3 is 0 Å². The first-order valence-corrected chi connectivity index (χ1v) is 7.86. The zero-order chi connectivity index (χ0) is 16.2. The highest BCUT2D eigenvalue weighted by Gasteiger charge is 2.50. The molecule has 1 unspecified atom stereocenters. The summed E-state index contributed by atoms with van der Waals surface area (Å²) in [6.07, 6.45) is 5.11. The molecular weight excluding hydrogens is 297 g/mol. The van der Waals surface area contributed by atoms with Crippen LogP contribution in [0.1, 0.15) is 47.7 Å². The van der Waals surface area contributed by atoms with Gasteiger partial charge in [-0.2, -0.15) is 5.10 Å². The van der Waals surface area contributed by atoms with E-state index in [9.17, 15) is 14.4 Å². The SMILES string of the molecule is Cc1c(F)cccc1C1(C(=O)NO)CCc2c1cnn2C1CC1. The second-order valence-corrected chi connectivity index (χ2v) is 6.44. The molecule has 1 amide bonds. The number of rotatable bonds is 3. The van der Waals surface area contributed by atoms with Gasteiger partial charge in [0.2, 0.25) is 0 Å². The van der Waals surface area contributed by atoms with Gasteiger partial charge >= 0.3 is 0 Å². The summed E-state index contributed by atoms with van der Waals surface area (Å²) >= 11 is 0. The summed E-state index contributed by atoms with van der Waals surface area (Å²) in [6, 6.07) is 5.16. The first-order chi connectivity index (χ1) is 11.1. The summed E-state index contributed by atoms with van der Waals surface area (Å²) in [4.78, 5) is 12.6. The van der Waals surface area contributed by atoms with E-state index in [1.54, 1.807) is 30.7 Å². The number of hydrogen-bond acceptors (Lipinski definition) is 3. The van der Waals surface area contributed by atoms with Gasteiger partial charge in [-0.1, -0.05) is 12.1 Å². The largest absolute Gasteiger partial charge is 0.289 e. The lowest BCUT2D eigenvalue weighted by atomic mass is 9.74. The van der Waals surface area contributed by atoms with Crippen LogP contribution >= 0.6 is 0 Å². The van der Waals surface area contributed by atoms with Gasteiger partial charge in [0.1, 0.15) is 11.2 Å². The maximum absolute atomic E-state index is 14.1. The minimum atomic E-state index is -1.08. The van der Waals surface area contributed by atoms with Crippen molar-refractivity contribution < 1.29 is 14.4 Å². The van der Waals surface area contributed by atoms with Gasteiger partial charge in [0.05, 0.1) is 12.2 Å². The van der Waals surface area contributed by atoms with Crippen molar-refractivity contribution in [3.05, 3.63) is 52.6 Å². The lowest BCUT2D eigenvalue weighted by Gasteiger charge is -2.29. The van der Waals surface area contributed by atoms with Gasteiger partial charge in [-0.3, -0.25) is 14.7 Å². The van der Waals surface area contributed by atoms with Crippen molar-refractivity contribution in [2.75, 3.05) is 0 Å². The molecule has 1 aromatic heterocycles. The van der Waals surface area contributed by atoms with E-state index in [-0.39, 0.29) is 5.82 Å². The van der Waals surface area contributed by atoms with Crippen LogP contribution in [0.4, 0.5) is 4.39 Å². The molecule has 0 aliphatic heterocycles. The zero-order valence-electron chi connectivity index (χ0n) is 12.8. The summed E-state index contributed by atoms with van der Waals surface area (Å²) in [6.45, 7) is 1.67. The van der Waals surface area contributed by atoms with E-state index in [1.807, 2.05) is 4.68 Å². The van der Waals surface area contributed by atoms with Crippen LogP contribution in [-0.2, 0) is 16.6 Å². The number of hydrogen-bond donors (Lipinski definition) is 2. The fourth-order valence-corrected chi connectivity index (χ4v) is 3.87. The molecule has 0 saturated heterocycles. The van der Waals surface area contributed by atoms with E-state index in [0.717, 1.165) is 24.1 Å². The summed E-state index contributed by atoms with van der Waals surface area (Å²) in [7, 11) is 0. The fraction of sp³-hybridized carbons (Fsp3) is 0.412. The third-order valence-corrected chi connectivity index (χ3v) is 5.20. The molecule has 2 aliphatic rings. The standard InChI is InChI=1S/C17H18FN3O2/c1-10-12(3-2-4-14(10)18)17(16(22)20-23)8-7-15-13(17)9-19-21(15)11-5-6-11/h2-4,9,11,23H,5-8H2,1H3,(H,20,22). The van der Waals surface area contributed by atoms with Crippen LogP contribution in [0.2, 0.25) is 0 Å². The predicted octanol–water partition coefficient (Wildman–Crippen LogP) is 2.40. The second kappa shape index (κ2) is 4.89. The number of benzene rings is 1. The first kappa shape index (κ1) is 14.4. The number of aromatic nitrogens is 2. The highest BCUT2D eigenvalue weighted by atomic mass is 19.1. The maximum atomic E-state index is 14.1. The quantitative estimate of drug-likeness (QED) is 0.675. The Morgan fingerprint density at radius 3 is 2.91 bits per heavy atom. The molecule has 1 atom stereocenters. The van der Waals surface area contributed by atoms with Crippen LogP contribution in [0.3, 0.4) is 0 Å². The van der Waals surface area contributed by atoms with Crippen molar-refractivity contribution in [3.63, 3.8) is 0 Å². The van der Waals surface area contributed by atoms with Gasteiger partial charge in [0, 0.05) is 11.3 Å². The molecule has 6 heteroatoms. The van der Waals surface area contributed by atoms with Crippen LogP contribution in [0.15, 0.2) is 24.4 Å². The molecule has 2 N–H and O–H groups in total. The molecule has 5 nitrogen and oxygen atoms in total. The average molecular weight is 315 g/mol. The van der Waals surface area contributed by atoms with Gasteiger partial charge in [-0.25, -0.2) is 9.87 Å². The summed E-state index contributed by atoms with van der Waals surface area (Å²) in [5.41, 5.74) is 3.55. The molecule has 120 valence electrons. The number of hydroxylamine groups is 1. The minimum absolute atomic E-state index is 0.351. The van der Waals surface area contributed by atoms with E-state index >= 15 is 0 Å². The first-order valence-electron chi connectivity index (χ1n) is 7.86. The molecule has 23 heavy (non-hydrogen) atoms. The van der Waals surface area contributed by atoms with E-state index in [4.69, 9.17) is 0 Å². The highest BCUT2D eigenvalue weighted by molar-refractivity contribution is 5.93. The number of nitrogens with zero attached hydrogens (tertiary/aromatic N) is 2. The Labute approximate surface area is 133 Å². The molecule has 2 aromatic rings. The Bertz CT molecular complexity index is 797. The Morgan fingerprint density at radius 2 is 2.22 bits per heavy atom. The number of amides is 1. The number of carbonyl (C=O) groups is 1. The average Bonchev–Trinajstić information content (AvgIpc) is 3.19. The fourth-order valence-electron chi connectivity index (χ4n) is 3.87. The second-order valence-electron chi connectivity index (χ2n) is 6.44. The molecule has 0 spiro atoms. The van der Waals surface area contributed by atoms with Crippen molar-refractivity contribution in [1.29, 1.82) is 0 Å². The van der Waals surface area contributed by atoms with Crippen molar-refractivity contribution in [2.45, 2.75) is 44.1 Å². The van der Waals surface area contributed by atoms with Gasteiger partial charge in [-0.15, -0.1) is 0 Å². The smallest absolute Gasteiger partial charge is 0.258 e. The highest BCUT2D eigenvalue weighted by Crippen LogP contribution is 2.48. The Hall–Kier alpha value is -2.21. The number of fused-ring (bicyclic) bond motifs is 1. The Balaban J connectivity index is 1.94. The molecule has 4 rings (SSSR count). The predicted molar refractivity (Wildman–Crippen MR) is 80.7 cm³/mol. The van der Waals surface area contributed by atoms with Crippen LogP contribution in [-0.4, -0.2) is 20.9 Å². The zero-order valence-corrected chi connectivity index (χ0v) is 12.8. The van der Waals surface area contributed by atoms with Gasteiger partial charge in [0.15, 0.2) is 0 Å². The molecule has 1 fully saturated rings. The van der Waals surface area contributed by atoms with E-state index < -0.39 is 11.3 Å². The number of carbonyl (C=O) groups excluding carboxylic acids is 1. The van der Waals surface area contributed by atoms with E-state index in [2.05, 4.69) is 5.10 Å². The van der Waals surface area contributed by atoms with Crippen LogP contribution in [0, 0.1) is 12.7 Å². The molecule has 0 radical (unpaired) electrons. The third-order valence-electron chi connectivity index (χ3n) is 5.20. The van der Waals surface area contributed by atoms with Crippen LogP contribution in [0.25, 0.3) is 0 Å². The molecule has 2 aliphatic carbocycles. The van der Waals surface area contributed by atoms with Gasteiger partial charge in [0.25, 0.3) is 5.91 Å². The topological polar surface area (TPSA) is 67.2 Å². The van der Waals surface area contributed by atoms with E-state index in [1.165, 1.54) is 6.07 Å². The van der Waals surface area contributed by atoms with Crippen molar-refractivity contribution in [3.8, 4) is 0 Å². The Morgan fingerprint density at radius 1 is 1.43 bits per heavy atom. The van der Waals surface area contributed by atoms with E-state index in [0.29, 0.717) is 30.0 Å². The van der Waals surface area contributed by atoms with Crippen molar-refractivity contribution >= 4 is 5.91 Å².